The number of carbonyl (C=O) groups is 3. The molecule has 0 spiro atoms. The van der Waals surface area contributed by atoms with E-state index >= 15 is 0 Å². The lowest BCUT2D eigenvalue weighted by molar-refractivity contribution is -0.135. The highest BCUT2D eigenvalue weighted by Gasteiger charge is 2.65. The van der Waals surface area contributed by atoms with Gasteiger partial charge in [0.2, 0.25) is 11.8 Å². The number of methoxy groups -OCH3 is 1. The van der Waals surface area contributed by atoms with Crippen molar-refractivity contribution in [1.82, 2.24) is 4.90 Å². The lowest BCUT2D eigenvalue weighted by Crippen LogP contribution is -2.47. The van der Waals surface area contributed by atoms with Crippen LogP contribution in [0.15, 0.2) is 54.7 Å². The van der Waals surface area contributed by atoms with Gasteiger partial charge in [-0.3, -0.25) is 14.4 Å². The molecule has 0 saturated carbocycles. The molecule has 6 heteroatoms. The number of imide groups is 1. The molecule has 0 unspecified atom stereocenters. The fraction of sp³-hybridized carbons (Fsp3) is 0.346. The molecule has 0 aromatic heterocycles. The van der Waals surface area contributed by atoms with Gasteiger partial charge in [-0.25, -0.2) is 4.90 Å². The van der Waals surface area contributed by atoms with Crippen LogP contribution in [0.4, 0.5) is 5.69 Å². The van der Waals surface area contributed by atoms with Gasteiger partial charge < -0.3 is 9.64 Å². The molecule has 0 bridgehead atoms. The van der Waals surface area contributed by atoms with Gasteiger partial charge in [0, 0.05) is 11.6 Å². The Morgan fingerprint density at radius 3 is 2.31 bits per heavy atom. The van der Waals surface area contributed by atoms with Crippen LogP contribution in [0.3, 0.4) is 0 Å². The predicted octanol–water partition coefficient (Wildman–Crippen LogP) is 3.83. The average Bonchev–Trinajstić information content (AvgIpc) is 3.25. The Morgan fingerprint density at radius 1 is 0.938 bits per heavy atom. The zero-order valence-corrected chi connectivity index (χ0v) is 18.6. The first-order valence-corrected chi connectivity index (χ1v) is 10.9. The van der Waals surface area contributed by atoms with Crippen LogP contribution in [0.1, 0.15) is 37.9 Å². The Morgan fingerprint density at radius 2 is 1.59 bits per heavy atom. The fourth-order valence-corrected chi connectivity index (χ4v) is 5.35. The molecule has 4 atom stereocenters. The van der Waals surface area contributed by atoms with Gasteiger partial charge in [0.05, 0.1) is 30.7 Å². The van der Waals surface area contributed by atoms with Crippen molar-refractivity contribution in [1.29, 1.82) is 0 Å². The number of hydrogen-bond donors (Lipinski definition) is 0. The molecule has 5 rings (SSSR count). The molecule has 3 aliphatic rings. The third-order valence-electron chi connectivity index (χ3n) is 6.80. The van der Waals surface area contributed by atoms with Gasteiger partial charge in [-0.05, 0) is 29.3 Å². The number of amides is 2. The van der Waals surface area contributed by atoms with Gasteiger partial charge in [-0.15, -0.1) is 0 Å². The maximum atomic E-state index is 13.8. The van der Waals surface area contributed by atoms with E-state index in [1.54, 1.807) is 24.3 Å². The summed E-state index contributed by atoms with van der Waals surface area (Å²) in [5, 5.41) is 0. The van der Waals surface area contributed by atoms with E-state index in [0.717, 1.165) is 11.1 Å². The molecule has 3 heterocycles. The van der Waals surface area contributed by atoms with Crippen LogP contribution in [-0.2, 0) is 14.4 Å². The smallest absolute Gasteiger partial charge is 0.240 e. The van der Waals surface area contributed by atoms with Gasteiger partial charge in [0.15, 0.2) is 5.78 Å². The highest BCUT2D eigenvalue weighted by Crippen LogP contribution is 2.54. The molecule has 164 valence electrons. The minimum absolute atomic E-state index is 0.0398. The first-order chi connectivity index (χ1) is 15.3. The number of hydrogen-bond acceptors (Lipinski definition) is 5. The van der Waals surface area contributed by atoms with E-state index in [4.69, 9.17) is 4.74 Å². The summed E-state index contributed by atoms with van der Waals surface area (Å²) in [4.78, 5) is 44.4. The second kappa shape index (κ2) is 7.05. The second-order valence-corrected chi connectivity index (χ2v) is 9.63. The topological polar surface area (TPSA) is 66.9 Å². The number of carbonyl (C=O) groups excluding carboxylic acids is 3. The van der Waals surface area contributed by atoms with E-state index < -0.39 is 23.3 Å². The lowest BCUT2D eigenvalue weighted by atomic mass is 9.79. The third-order valence-corrected chi connectivity index (χ3v) is 6.80. The molecule has 32 heavy (non-hydrogen) atoms. The molecule has 6 nitrogen and oxygen atoms in total. The largest absolute Gasteiger partial charge is 0.495 e. The maximum Gasteiger partial charge on any atom is 0.240 e. The molecule has 0 N–H and O–H groups in total. The summed E-state index contributed by atoms with van der Waals surface area (Å²) in [5.41, 5.74) is 1.74. The van der Waals surface area contributed by atoms with E-state index in [1.165, 1.54) is 12.0 Å². The van der Waals surface area contributed by atoms with Crippen LogP contribution in [0, 0.1) is 17.3 Å². The second-order valence-electron chi connectivity index (χ2n) is 9.63. The van der Waals surface area contributed by atoms with Crippen molar-refractivity contribution in [2.75, 3.05) is 12.0 Å². The molecule has 2 aromatic carbocycles. The number of nitrogens with zero attached hydrogens (tertiary/aromatic N) is 2. The van der Waals surface area contributed by atoms with Crippen LogP contribution in [0.5, 0.6) is 5.75 Å². The third kappa shape index (κ3) is 2.75. The fourth-order valence-electron chi connectivity index (χ4n) is 5.35. The Hall–Kier alpha value is -3.41. The van der Waals surface area contributed by atoms with Gasteiger partial charge in [0.25, 0.3) is 0 Å². The van der Waals surface area contributed by atoms with Crippen molar-refractivity contribution < 1.29 is 19.1 Å². The van der Waals surface area contributed by atoms with Crippen molar-refractivity contribution >= 4 is 29.4 Å². The minimum Gasteiger partial charge on any atom is -0.495 e. The molecule has 2 aromatic rings. The zero-order chi connectivity index (χ0) is 22.8. The first-order valence-electron chi connectivity index (χ1n) is 10.9. The summed E-state index contributed by atoms with van der Waals surface area (Å²) in [5.74, 6) is -1.60. The quantitative estimate of drug-likeness (QED) is 0.693. The average molecular weight is 431 g/mol. The molecule has 2 fully saturated rings. The Bertz CT molecular complexity index is 1160. The van der Waals surface area contributed by atoms with Crippen molar-refractivity contribution in [3.63, 3.8) is 0 Å². The van der Waals surface area contributed by atoms with E-state index in [1.807, 2.05) is 62.2 Å². The van der Waals surface area contributed by atoms with Crippen LogP contribution in [0.25, 0.3) is 6.08 Å². The van der Waals surface area contributed by atoms with Crippen LogP contribution in [-0.4, -0.2) is 35.6 Å². The molecule has 3 aliphatic heterocycles. The van der Waals surface area contributed by atoms with E-state index in [0.29, 0.717) is 11.4 Å². The summed E-state index contributed by atoms with van der Waals surface area (Å²) >= 11 is 0. The van der Waals surface area contributed by atoms with Gasteiger partial charge in [-0.1, -0.05) is 57.2 Å². The molecule has 2 saturated heterocycles. The summed E-state index contributed by atoms with van der Waals surface area (Å²) in [6, 6.07) is 13.8. The van der Waals surface area contributed by atoms with E-state index in [-0.39, 0.29) is 23.6 Å². The maximum absolute atomic E-state index is 13.8. The summed E-state index contributed by atoms with van der Waals surface area (Å²) in [6.45, 7) is 5.58. The molecular formula is C26H26N2O4. The van der Waals surface area contributed by atoms with Crippen LogP contribution in [0.2, 0.25) is 0 Å². The standard InChI is InChI=1S/C26H26N2O4/c1-26(2,3)23(29)22-20-19(21-16-10-6-5-9-15(16)13-14-27(21)22)24(30)28(25(20)31)17-11-7-8-12-18(17)32-4/h5-14,19-22H,1-4H3/t19-,20+,21+,22+/m0/s1. The Labute approximate surface area is 187 Å². The van der Waals surface area contributed by atoms with Crippen molar-refractivity contribution in [3.05, 3.63) is 65.9 Å². The highest BCUT2D eigenvalue weighted by atomic mass is 16.5. The number of rotatable bonds is 3. The summed E-state index contributed by atoms with van der Waals surface area (Å²) in [7, 11) is 1.51. The number of fused-ring (bicyclic) bond motifs is 5. The van der Waals surface area contributed by atoms with Crippen molar-refractivity contribution in [2.24, 2.45) is 17.3 Å². The zero-order valence-electron chi connectivity index (χ0n) is 18.6. The molecule has 2 amide bonds. The monoisotopic (exact) mass is 430 g/mol. The van der Waals surface area contributed by atoms with Gasteiger partial charge in [-0.2, -0.15) is 0 Å². The SMILES string of the molecule is COc1ccccc1N1C(=O)[C@@H]2[C@H](C1=O)[C@H]1c3ccccc3C=CN1[C@H]2C(=O)C(C)(C)C. The van der Waals surface area contributed by atoms with E-state index in [9.17, 15) is 14.4 Å². The summed E-state index contributed by atoms with van der Waals surface area (Å²) < 4.78 is 5.43. The normalized spacial score (nSPS) is 26.1. The summed E-state index contributed by atoms with van der Waals surface area (Å²) in [6.07, 6.45) is 3.84. The number of benzene rings is 2. The van der Waals surface area contributed by atoms with Crippen molar-refractivity contribution in [2.45, 2.75) is 32.9 Å². The Balaban J connectivity index is 1.68. The highest BCUT2D eigenvalue weighted by molar-refractivity contribution is 6.24. The molecule has 0 aliphatic carbocycles. The van der Waals surface area contributed by atoms with Crippen LogP contribution >= 0.6 is 0 Å². The number of para-hydroxylation sites is 2. The number of ketones is 1. The van der Waals surface area contributed by atoms with Gasteiger partial charge >= 0.3 is 0 Å². The van der Waals surface area contributed by atoms with Crippen LogP contribution < -0.4 is 9.64 Å². The number of ether oxygens (including phenoxy) is 1. The number of anilines is 1. The van der Waals surface area contributed by atoms with Gasteiger partial charge in [0.1, 0.15) is 11.8 Å². The lowest BCUT2D eigenvalue weighted by Gasteiger charge is -2.37. The molecule has 0 radical (unpaired) electrons. The number of Topliss-reactive ketones (excluding diaryl/α,β-unsaturated/α-hetero) is 1. The van der Waals surface area contributed by atoms with E-state index in [2.05, 4.69) is 0 Å². The first kappa shape index (κ1) is 20.5. The Kier molecular flexibility index (Phi) is 4.52. The molecular weight excluding hydrogens is 404 g/mol. The van der Waals surface area contributed by atoms with Crippen molar-refractivity contribution in [3.8, 4) is 5.75 Å². The minimum atomic E-state index is -0.750. The predicted molar refractivity (Wildman–Crippen MR) is 121 cm³/mol.